The van der Waals surface area contributed by atoms with E-state index in [9.17, 15) is 14.9 Å². The average Bonchev–Trinajstić information content (AvgIpc) is 2.67. The minimum absolute atomic E-state index is 0.0598. The summed E-state index contributed by atoms with van der Waals surface area (Å²) in [4.78, 5) is 31.0. The Balaban J connectivity index is 1.94. The zero-order valence-electron chi connectivity index (χ0n) is 16.7. The normalized spacial score (nSPS) is 10.4. The minimum Gasteiger partial charge on any atom is -0.462 e. The summed E-state index contributed by atoms with van der Waals surface area (Å²) in [6.45, 7) is 5.75. The third-order valence-electron chi connectivity index (χ3n) is 4.02. The maximum absolute atomic E-state index is 11.9. The van der Waals surface area contributed by atoms with E-state index in [-0.39, 0.29) is 18.3 Å². The summed E-state index contributed by atoms with van der Waals surface area (Å²) in [6, 6.07) is 11.9. The molecule has 0 amide bonds. The van der Waals surface area contributed by atoms with Crippen LogP contribution in [0.3, 0.4) is 0 Å². The molecule has 154 valence electrons. The van der Waals surface area contributed by atoms with Gasteiger partial charge in [0.15, 0.2) is 0 Å². The number of carbonyl (C=O) groups is 1. The molecule has 3 aromatic rings. The Kier molecular flexibility index (Phi) is 6.21. The van der Waals surface area contributed by atoms with Gasteiger partial charge >= 0.3 is 17.5 Å². The van der Waals surface area contributed by atoms with E-state index in [2.05, 4.69) is 15.3 Å². The standard InChI is InChI=1S/C21H20N4O5/c1-4-29-21(26)15-6-5-7-16(11-15)24-19-18(25(27)28)20(23-12-22-19)30-17-9-13(2)8-14(3)10-17/h5-12H,4H2,1-3H3,(H,22,23,24). The van der Waals surface area contributed by atoms with Gasteiger partial charge in [0.2, 0.25) is 5.82 Å². The molecule has 0 unspecified atom stereocenters. The Bertz CT molecular complexity index is 1080. The van der Waals surface area contributed by atoms with Crippen LogP contribution < -0.4 is 10.1 Å². The van der Waals surface area contributed by atoms with Gasteiger partial charge in [-0.15, -0.1) is 0 Å². The van der Waals surface area contributed by atoms with Crippen LogP contribution in [0.25, 0.3) is 0 Å². The Labute approximate surface area is 172 Å². The number of ether oxygens (including phenoxy) is 2. The van der Waals surface area contributed by atoms with Crippen molar-refractivity contribution in [2.24, 2.45) is 0 Å². The predicted octanol–water partition coefficient (Wildman–Crippen LogP) is 4.71. The Hall–Kier alpha value is -4.01. The highest BCUT2D eigenvalue weighted by molar-refractivity contribution is 5.90. The Morgan fingerprint density at radius 1 is 1.13 bits per heavy atom. The summed E-state index contributed by atoms with van der Waals surface area (Å²) in [5.41, 5.74) is 2.23. The number of esters is 1. The lowest BCUT2D eigenvalue weighted by atomic mass is 10.1. The fourth-order valence-electron chi connectivity index (χ4n) is 2.87. The molecular formula is C21H20N4O5. The largest absolute Gasteiger partial charge is 0.462 e. The van der Waals surface area contributed by atoms with E-state index in [1.807, 2.05) is 19.9 Å². The van der Waals surface area contributed by atoms with E-state index in [1.165, 1.54) is 12.4 Å². The van der Waals surface area contributed by atoms with Crippen molar-refractivity contribution in [3.63, 3.8) is 0 Å². The fourth-order valence-corrected chi connectivity index (χ4v) is 2.87. The maximum atomic E-state index is 11.9. The van der Waals surface area contributed by atoms with Gasteiger partial charge in [0.1, 0.15) is 12.1 Å². The number of nitrogens with one attached hydrogen (secondary N) is 1. The van der Waals surface area contributed by atoms with Crippen molar-refractivity contribution < 1.29 is 19.2 Å². The number of aromatic nitrogens is 2. The molecule has 1 N–H and O–H groups in total. The van der Waals surface area contributed by atoms with Crippen molar-refractivity contribution in [1.29, 1.82) is 0 Å². The minimum atomic E-state index is -0.616. The van der Waals surface area contributed by atoms with Gasteiger partial charge in [-0.05, 0) is 62.2 Å². The first kappa shape index (κ1) is 20.7. The van der Waals surface area contributed by atoms with Crippen LogP contribution in [0.2, 0.25) is 0 Å². The molecule has 1 heterocycles. The van der Waals surface area contributed by atoms with Crippen LogP contribution in [0.4, 0.5) is 17.2 Å². The molecule has 0 aliphatic carbocycles. The van der Waals surface area contributed by atoms with Gasteiger partial charge in [-0.2, -0.15) is 4.98 Å². The third-order valence-corrected chi connectivity index (χ3v) is 4.02. The SMILES string of the molecule is CCOC(=O)c1cccc(Nc2ncnc(Oc3cc(C)cc(C)c3)c2[N+](=O)[O-])c1. The number of aryl methyl sites for hydroxylation is 2. The molecule has 0 radical (unpaired) electrons. The lowest BCUT2D eigenvalue weighted by Gasteiger charge is -2.11. The number of hydrogen-bond acceptors (Lipinski definition) is 8. The fraction of sp³-hybridized carbons (Fsp3) is 0.190. The number of anilines is 2. The number of benzene rings is 2. The second-order valence-corrected chi connectivity index (χ2v) is 6.48. The lowest BCUT2D eigenvalue weighted by molar-refractivity contribution is -0.385. The zero-order valence-corrected chi connectivity index (χ0v) is 16.7. The highest BCUT2D eigenvalue weighted by Gasteiger charge is 2.25. The molecule has 2 aromatic carbocycles. The molecule has 9 heteroatoms. The Morgan fingerprint density at radius 3 is 2.53 bits per heavy atom. The molecule has 0 saturated carbocycles. The van der Waals surface area contributed by atoms with Crippen molar-refractivity contribution in [2.45, 2.75) is 20.8 Å². The van der Waals surface area contributed by atoms with Crippen molar-refractivity contribution in [2.75, 3.05) is 11.9 Å². The van der Waals surface area contributed by atoms with Gasteiger partial charge in [-0.3, -0.25) is 10.1 Å². The number of nitrogens with zero attached hydrogens (tertiary/aromatic N) is 3. The molecule has 9 nitrogen and oxygen atoms in total. The maximum Gasteiger partial charge on any atom is 0.373 e. The highest BCUT2D eigenvalue weighted by Crippen LogP contribution is 2.36. The van der Waals surface area contributed by atoms with Crippen LogP contribution in [0, 0.1) is 24.0 Å². The molecule has 0 aliphatic rings. The monoisotopic (exact) mass is 408 g/mol. The lowest BCUT2D eigenvalue weighted by Crippen LogP contribution is -2.06. The molecule has 0 fully saturated rings. The second-order valence-electron chi connectivity index (χ2n) is 6.48. The Morgan fingerprint density at radius 2 is 1.87 bits per heavy atom. The number of carbonyl (C=O) groups excluding carboxylic acids is 1. The van der Waals surface area contributed by atoms with Crippen LogP contribution in [0.15, 0.2) is 48.8 Å². The average molecular weight is 408 g/mol. The topological polar surface area (TPSA) is 116 Å². The van der Waals surface area contributed by atoms with Gasteiger partial charge < -0.3 is 14.8 Å². The molecule has 0 bridgehead atoms. The quantitative estimate of drug-likeness (QED) is 0.339. The molecule has 3 rings (SSSR count). The predicted molar refractivity (Wildman–Crippen MR) is 110 cm³/mol. The summed E-state index contributed by atoms with van der Waals surface area (Å²) in [5.74, 6) is -0.304. The zero-order chi connectivity index (χ0) is 21.7. The van der Waals surface area contributed by atoms with Crippen LogP contribution >= 0.6 is 0 Å². The summed E-state index contributed by atoms with van der Waals surface area (Å²) >= 11 is 0. The van der Waals surface area contributed by atoms with Crippen LogP contribution in [0.5, 0.6) is 11.6 Å². The molecule has 0 saturated heterocycles. The van der Waals surface area contributed by atoms with E-state index in [0.29, 0.717) is 17.0 Å². The van der Waals surface area contributed by atoms with Crippen LogP contribution in [0.1, 0.15) is 28.4 Å². The number of hydrogen-bond donors (Lipinski definition) is 1. The van der Waals surface area contributed by atoms with Gasteiger partial charge in [0.25, 0.3) is 0 Å². The molecule has 0 aliphatic heterocycles. The summed E-state index contributed by atoms with van der Waals surface area (Å²) < 4.78 is 10.7. The molecule has 0 atom stereocenters. The van der Waals surface area contributed by atoms with E-state index in [4.69, 9.17) is 9.47 Å². The summed E-state index contributed by atoms with van der Waals surface area (Å²) in [6.07, 6.45) is 1.17. The third kappa shape index (κ3) is 4.88. The summed E-state index contributed by atoms with van der Waals surface area (Å²) in [5, 5.41) is 14.6. The molecule has 30 heavy (non-hydrogen) atoms. The second kappa shape index (κ2) is 8.99. The number of rotatable bonds is 7. The van der Waals surface area contributed by atoms with E-state index in [1.54, 1.807) is 37.3 Å². The van der Waals surface area contributed by atoms with Crippen molar-refractivity contribution >= 4 is 23.2 Å². The van der Waals surface area contributed by atoms with Crippen molar-refractivity contribution in [3.05, 3.63) is 75.6 Å². The van der Waals surface area contributed by atoms with E-state index in [0.717, 1.165) is 11.1 Å². The van der Waals surface area contributed by atoms with E-state index < -0.39 is 16.6 Å². The van der Waals surface area contributed by atoms with Crippen LogP contribution in [-0.2, 0) is 4.74 Å². The van der Waals surface area contributed by atoms with Crippen LogP contribution in [-0.4, -0.2) is 27.5 Å². The molecular weight excluding hydrogens is 388 g/mol. The van der Waals surface area contributed by atoms with E-state index >= 15 is 0 Å². The van der Waals surface area contributed by atoms with Crippen molar-refractivity contribution in [1.82, 2.24) is 9.97 Å². The van der Waals surface area contributed by atoms with Crippen molar-refractivity contribution in [3.8, 4) is 11.6 Å². The van der Waals surface area contributed by atoms with Gasteiger partial charge in [-0.1, -0.05) is 12.1 Å². The molecule has 0 spiro atoms. The number of nitro groups is 1. The van der Waals surface area contributed by atoms with Gasteiger partial charge in [0, 0.05) is 5.69 Å². The van der Waals surface area contributed by atoms with Gasteiger partial charge in [0.05, 0.1) is 17.1 Å². The first-order chi connectivity index (χ1) is 14.4. The van der Waals surface area contributed by atoms with Gasteiger partial charge in [-0.25, -0.2) is 9.78 Å². The first-order valence-corrected chi connectivity index (χ1v) is 9.17. The highest BCUT2D eigenvalue weighted by atomic mass is 16.6. The summed E-state index contributed by atoms with van der Waals surface area (Å²) in [7, 11) is 0. The smallest absolute Gasteiger partial charge is 0.373 e. The first-order valence-electron chi connectivity index (χ1n) is 9.17. The molecule has 1 aromatic heterocycles.